The first-order valence-electron chi connectivity index (χ1n) is 5.62. The normalized spacial score (nSPS) is 19.8. The highest BCUT2D eigenvalue weighted by molar-refractivity contribution is 5.81. The summed E-state index contributed by atoms with van der Waals surface area (Å²) in [6, 6.07) is 0. The average Bonchev–Trinajstić information content (AvgIpc) is 2.74. The Bertz CT molecular complexity index is 301. The van der Waals surface area contributed by atoms with Crippen LogP contribution < -0.4 is 0 Å². The van der Waals surface area contributed by atoms with Crippen molar-refractivity contribution in [1.29, 1.82) is 0 Å². The maximum atomic E-state index is 10.8. The lowest BCUT2D eigenvalue weighted by molar-refractivity contribution is -0.171. The average molecular weight is 258 g/mol. The number of carbonyl (C=O) groups is 1. The topological polar surface area (TPSA) is 63.2 Å². The zero-order chi connectivity index (χ0) is 13.4. The Labute approximate surface area is 106 Å². The smallest absolute Gasteiger partial charge is 0.332 e. The third kappa shape index (κ3) is 5.70. The zero-order valence-corrected chi connectivity index (χ0v) is 10.4. The van der Waals surface area contributed by atoms with Crippen molar-refractivity contribution in [1.82, 2.24) is 0 Å². The molecule has 0 aromatic rings. The highest BCUT2D eigenvalue weighted by Gasteiger charge is 2.20. The zero-order valence-electron chi connectivity index (χ0n) is 10.4. The van der Waals surface area contributed by atoms with E-state index in [1.165, 1.54) is 0 Å². The van der Waals surface area contributed by atoms with Crippen LogP contribution in [0.2, 0.25) is 0 Å². The predicted octanol–water partition coefficient (Wildman–Crippen LogP) is 0.981. The molecule has 0 saturated carbocycles. The molecule has 1 aliphatic rings. The van der Waals surface area contributed by atoms with E-state index in [2.05, 4.69) is 13.2 Å². The van der Waals surface area contributed by atoms with Gasteiger partial charge in [0.1, 0.15) is 6.61 Å². The molecule has 0 aromatic heterocycles. The summed E-state index contributed by atoms with van der Waals surface area (Å²) in [6.07, 6.45) is 0.346. The predicted molar refractivity (Wildman–Crippen MR) is 62.5 cm³/mol. The van der Waals surface area contributed by atoms with Gasteiger partial charge >= 0.3 is 5.97 Å². The summed E-state index contributed by atoms with van der Waals surface area (Å²) < 4.78 is 25.5. The summed E-state index contributed by atoms with van der Waals surface area (Å²) in [5.74, 6) is -0.191. The van der Waals surface area contributed by atoms with Gasteiger partial charge in [-0.15, -0.1) is 0 Å². The Balaban J connectivity index is 1.96. The molecule has 0 aliphatic carbocycles. The molecule has 2 unspecified atom stereocenters. The lowest BCUT2D eigenvalue weighted by Gasteiger charge is -2.13. The minimum atomic E-state index is -0.620. The van der Waals surface area contributed by atoms with Crippen molar-refractivity contribution in [3.63, 3.8) is 0 Å². The van der Waals surface area contributed by atoms with E-state index in [-0.39, 0.29) is 6.10 Å². The monoisotopic (exact) mass is 258 g/mol. The molecule has 0 spiro atoms. The van der Waals surface area contributed by atoms with Crippen molar-refractivity contribution in [3.05, 3.63) is 25.2 Å². The van der Waals surface area contributed by atoms with Crippen LogP contribution in [0.3, 0.4) is 0 Å². The van der Waals surface area contributed by atoms with E-state index in [4.69, 9.17) is 23.7 Å². The Kier molecular flexibility index (Phi) is 6.24. The second kappa shape index (κ2) is 7.73. The van der Waals surface area contributed by atoms with Gasteiger partial charge in [0.15, 0.2) is 6.10 Å². The minimum Gasteiger partial charge on any atom is -0.462 e. The molecule has 0 amide bonds. The molecule has 6 heteroatoms. The van der Waals surface area contributed by atoms with Crippen LogP contribution >= 0.6 is 0 Å². The first-order chi connectivity index (χ1) is 8.61. The molecule has 1 fully saturated rings. The molecule has 0 N–H and O–H groups in total. The fourth-order valence-electron chi connectivity index (χ4n) is 1.26. The van der Waals surface area contributed by atoms with Gasteiger partial charge in [-0.05, 0) is 13.5 Å². The molecule has 6 nitrogen and oxygen atoms in total. The Hall–Kier alpha value is -1.53. The summed E-state index contributed by atoms with van der Waals surface area (Å²) in [6.45, 7) is 9.99. The first kappa shape index (κ1) is 14.5. The van der Waals surface area contributed by atoms with Crippen molar-refractivity contribution >= 4 is 5.97 Å². The molecule has 0 aromatic carbocycles. The van der Waals surface area contributed by atoms with Gasteiger partial charge in [-0.25, -0.2) is 4.79 Å². The lowest BCUT2D eigenvalue weighted by Crippen LogP contribution is -2.22. The SMILES string of the molecule is C=CC(=O)OC(C)OCCOCC1COC(=C)O1. The fraction of sp³-hybridized carbons (Fsp3) is 0.583. The van der Waals surface area contributed by atoms with Gasteiger partial charge in [-0.1, -0.05) is 6.58 Å². The molecular weight excluding hydrogens is 240 g/mol. The molecule has 1 rings (SSSR count). The van der Waals surface area contributed by atoms with Crippen molar-refractivity contribution < 1.29 is 28.5 Å². The fourth-order valence-corrected chi connectivity index (χ4v) is 1.26. The van der Waals surface area contributed by atoms with E-state index >= 15 is 0 Å². The Morgan fingerprint density at radius 1 is 1.61 bits per heavy atom. The summed E-state index contributed by atoms with van der Waals surface area (Å²) in [4.78, 5) is 10.8. The molecule has 2 atom stereocenters. The standard InChI is InChI=1S/C12H18O6/c1-4-12(13)18-9(2)15-6-5-14-7-11-8-16-10(3)17-11/h4,9,11H,1,3,5-8H2,2H3. The third-order valence-corrected chi connectivity index (χ3v) is 2.06. The van der Waals surface area contributed by atoms with Crippen LogP contribution in [0.1, 0.15) is 6.92 Å². The van der Waals surface area contributed by atoms with Crippen LogP contribution in [0.25, 0.3) is 0 Å². The van der Waals surface area contributed by atoms with Crippen LogP contribution in [0.4, 0.5) is 0 Å². The van der Waals surface area contributed by atoms with Crippen LogP contribution in [-0.2, 0) is 28.5 Å². The van der Waals surface area contributed by atoms with Gasteiger partial charge in [0.25, 0.3) is 5.95 Å². The quantitative estimate of drug-likeness (QED) is 0.280. The number of ether oxygens (including phenoxy) is 5. The molecule has 1 heterocycles. The van der Waals surface area contributed by atoms with Gasteiger partial charge in [0, 0.05) is 6.08 Å². The van der Waals surface area contributed by atoms with Crippen molar-refractivity contribution in [2.24, 2.45) is 0 Å². The number of esters is 1. The Morgan fingerprint density at radius 2 is 2.39 bits per heavy atom. The second-order valence-electron chi connectivity index (χ2n) is 3.58. The summed E-state index contributed by atoms with van der Waals surface area (Å²) in [7, 11) is 0. The van der Waals surface area contributed by atoms with Crippen molar-refractivity contribution in [3.8, 4) is 0 Å². The van der Waals surface area contributed by atoms with Crippen molar-refractivity contribution in [2.75, 3.05) is 26.4 Å². The second-order valence-corrected chi connectivity index (χ2v) is 3.58. The van der Waals surface area contributed by atoms with E-state index < -0.39 is 12.3 Å². The largest absolute Gasteiger partial charge is 0.462 e. The Morgan fingerprint density at radius 3 is 3.00 bits per heavy atom. The van der Waals surface area contributed by atoms with E-state index in [9.17, 15) is 4.79 Å². The molecule has 1 aliphatic heterocycles. The molecular formula is C12H18O6. The summed E-state index contributed by atoms with van der Waals surface area (Å²) >= 11 is 0. The highest BCUT2D eigenvalue weighted by Crippen LogP contribution is 2.12. The maximum absolute atomic E-state index is 10.8. The van der Waals surface area contributed by atoms with Crippen LogP contribution in [-0.4, -0.2) is 44.8 Å². The third-order valence-electron chi connectivity index (χ3n) is 2.06. The van der Waals surface area contributed by atoms with Gasteiger partial charge in [0.05, 0.1) is 19.8 Å². The number of hydrogen-bond acceptors (Lipinski definition) is 6. The van der Waals surface area contributed by atoms with E-state index in [0.29, 0.717) is 32.4 Å². The van der Waals surface area contributed by atoms with E-state index in [0.717, 1.165) is 6.08 Å². The van der Waals surface area contributed by atoms with Crippen LogP contribution in [0.15, 0.2) is 25.2 Å². The van der Waals surface area contributed by atoms with Crippen LogP contribution in [0, 0.1) is 0 Å². The summed E-state index contributed by atoms with van der Waals surface area (Å²) in [5, 5.41) is 0. The first-order valence-corrected chi connectivity index (χ1v) is 5.62. The number of carbonyl (C=O) groups excluding carboxylic acids is 1. The lowest BCUT2D eigenvalue weighted by atomic mass is 10.4. The molecule has 1 saturated heterocycles. The van der Waals surface area contributed by atoms with E-state index in [1.807, 2.05) is 0 Å². The highest BCUT2D eigenvalue weighted by atomic mass is 16.7. The van der Waals surface area contributed by atoms with Gasteiger partial charge in [0.2, 0.25) is 6.29 Å². The van der Waals surface area contributed by atoms with Crippen LogP contribution in [0.5, 0.6) is 0 Å². The van der Waals surface area contributed by atoms with Gasteiger partial charge in [-0.2, -0.15) is 0 Å². The van der Waals surface area contributed by atoms with Gasteiger partial charge in [-0.3, -0.25) is 0 Å². The number of hydrogen-bond donors (Lipinski definition) is 0. The molecule has 102 valence electrons. The number of rotatable bonds is 8. The molecule has 0 bridgehead atoms. The van der Waals surface area contributed by atoms with Gasteiger partial charge < -0.3 is 23.7 Å². The minimum absolute atomic E-state index is 0.117. The summed E-state index contributed by atoms with van der Waals surface area (Å²) in [5.41, 5.74) is 0. The van der Waals surface area contributed by atoms with Crippen molar-refractivity contribution in [2.45, 2.75) is 19.3 Å². The van der Waals surface area contributed by atoms with E-state index in [1.54, 1.807) is 6.92 Å². The molecule has 0 radical (unpaired) electrons. The maximum Gasteiger partial charge on any atom is 0.332 e. The molecule has 18 heavy (non-hydrogen) atoms.